The molecular weight excluding hydrogens is 461 g/mol. The zero-order valence-electron chi connectivity index (χ0n) is 21.3. The fourth-order valence-electron chi connectivity index (χ4n) is 3.29. The Kier molecular flexibility index (Phi) is 14.4. The molecule has 0 aliphatic carbocycles. The molecule has 2 amide bonds. The second-order valence-corrected chi connectivity index (χ2v) is 8.48. The Balaban J connectivity index is 2.98. The Hall–Kier alpha value is -3.56. The highest BCUT2D eigenvalue weighted by atomic mass is 16.5. The summed E-state index contributed by atoms with van der Waals surface area (Å²) in [7, 11) is 6.30. The van der Waals surface area contributed by atoms with Crippen LogP contribution >= 0.6 is 0 Å². The van der Waals surface area contributed by atoms with Crippen molar-refractivity contribution in [1.29, 1.82) is 0 Å². The van der Waals surface area contributed by atoms with E-state index in [-0.39, 0.29) is 18.8 Å². The molecule has 0 saturated carbocycles. The molecule has 0 heterocycles. The Labute approximate surface area is 214 Å². The zero-order valence-corrected chi connectivity index (χ0v) is 21.3. The first-order valence-electron chi connectivity index (χ1n) is 11.7. The van der Waals surface area contributed by atoms with E-state index in [1.54, 1.807) is 18.2 Å². The summed E-state index contributed by atoms with van der Waals surface area (Å²) in [6.07, 6.45) is 5.76. The molecule has 1 aromatic rings. The highest BCUT2D eigenvalue weighted by Crippen LogP contribution is 2.15. The van der Waals surface area contributed by atoms with E-state index in [1.807, 2.05) is 26.0 Å². The number of amides is 2. The van der Waals surface area contributed by atoms with Crippen molar-refractivity contribution in [2.45, 2.75) is 57.7 Å². The Bertz CT molecular complexity index is 888. The maximum atomic E-state index is 13.1. The molecule has 9 nitrogen and oxygen atoms in total. The second kappa shape index (κ2) is 17.0. The Morgan fingerprint density at radius 1 is 1.06 bits per heavy atom. The number of methoxy groups -OCH3 is 1. The maximum Gasteiger partial charge on any atom is 0.375 e. The summed E-state index contributed by atoms with van der Waals surface area (Å²) < 4.78 is 14.8. The van der Waals surface area contributed by atoms with Crippen LogP contribution in [0, 0.1) is 5.92 Å². The van der Waals surface area contributed by atoms with Crippen molar-refractivity contribution in [2.75, 3.05) is 13.7 Å². The predicted molar refractivity (Wildman–Crippen MR) is 140 cm³/mol. The summed E-state index contributed by atoms with van der Waals surface area (Å²) in [5.41, 5.74) is 0.821. The van der Waals surface area contributed by atoms with Gasteiger partial charge in [0.1, 0.15) is 23.9 Å². The highest BCUT2D eigenvalue weighted by molar-refractivity contribution is 6.02. The summed E-state index contributed by atoms with van der Waals surface area (Å²) in [5.74, 6) is -0.817. The Morgan fingerprint density at radius 3 is 2.28 bits per heavy atom. The number of benzene rings is 1. The molecule has 0 aliphatic heterocycles. The number of nitrogens with zero attached hydrogens (tertiary/aromatic N) is 1. The van der Waals surface area contributed by atoms with Gasteiger partial charge in [-0.1, -0.05) is 38.1 Å². The van der Waals surface area contributed by atoms with Crippen LogP contribution in [0.5, 0.6) is 5.75 Å². The molecule has 2 radical (unpaired) electrons. The third-order valence-corrected chi connectivity index (χ3v) is 5.09. The van der Waals surface area contributed by atoms with E-state index in [1.165, 1.54) is 13.2 Å². The molecule has 3 atom stereocenters. The molecule has 0 saturated heterocycles. The van der Waals surface area contributed by atoms with E-state index >= 15 is 0 Å². The number of carbonyl (C=O) groups excluding carboxylic acids is 3. The van der Waals surface area contributed by atoms with Crippen LogP contribution in [0.15, 0.2) is 54.6 Å². The van der Waals surface area contributed by atoms with Crippen molar-refractivity contribution in [3.63, 3.8) is 0 Å². The molecule has 0 unspecified atom stereocenters. The van der Waals surface area contributed by atoms with Crippen LogP contribution < -0.4 is 15.4 Å². The summed E-state index contributed by atoms with van der Waals surface area (Å²) in [4.78, 5) is 42.2. The third kappa shape index (κ3) is 11.2. The van der Waals surface area contributed by atoms with Crippen LogP contribution in [0.3, 0.4) is 0 Å². The number of aliphatic imine (C=N–C) groups is 1. The standard InChI is InChI=1S/C26H36BN3O6/c1-6-8-14-35-20-12-10-19(11-13-20)16-22(28-17-36-27)24(31)30-23(15-18(3)4)25(32)29-21(9-7-2)26(33)34-5/h6-7,10-13,17-18,21-23H,1-2,8-9,14-16H2,3-5H3,(H,29,32)(H,30,31)/t21-,22-,23-/m0/s1. The molecule has 36 heavy (non-hydrogen) atoms. The number of nitrogens with one attached hydrogen (secondary N) is 2. The minimum absolute atomic E-state index is 0.0833. The lowest BCUT2D eigenvalue weighted by atomic mass is 10.0. The second-order valence-electron chi connectivity index (χ2n) is 8.48. The van der Waals surface area contributed by atoms with Gasteiger partial charge in [-0.05, 0) is 42.9 Å². The lowest BCUT2D eigenvalue weighted by molar-refractivity contribution is -0.145. The smallest absolute Gasteiger partial charge is 0.375 e. The highest BCUT2D eigenvalue weighted by Gasteiger charge is 2.29. The summed E-state index contributed by atoms with van der Waals surface area (Å²) in [6, 6.07) is 4.56. The van der Waals surface area contributed by atoms with Crippen molar-refractivity contribution in [3.8, 4) is 5.75 Å². The van der Waals surface area contributed by atoms with Crippen LogP contribution in [-0.2, 0) is 30.2 Å². The average molecular weight is 497 g/mol. The predicted octanol–water partition coefficient (Wildman–Crippen LogP) is 2.45. The van der Waals surface area contributed by atoms with Crippen molar-refractivity contribution in [1.82, 2.24) is 10.6 Å². The monoisotopic (exact) mass is 497 g/mol. The molecule has 0 fully saturated rings. The van der Waals surface area contributed by atoms with Gasteiger partial charge in [-0.2, -0.15) is 0 Å². The normalized spacial score (nSPS) is 13.3. The van der Waals surface area contributed by atoms with Crippen molar-refractivity contribution in [2.24, 2.45) is 10.9 Å². The van der Waals surface area contributed by atoms with Gasteiger partial charge in [-0.3, -0.25) is 9.59 Å². The molecule has 0 aromatic heterocycles. The van der Waals surface area contributed by atoms with Gasteiger partial charge < -0.3 is 24.8 Å². The average Bonchev–Trinajstić information content (AvgIpc) is 2.86. The quantitative estimate of drug-likeness (QED) is 0.0854. The number of hydrogen-bond donors (Lipinski definition) is 2. The summed E-state index contributed by atoms with van der Waals surface area (Å²) in [5, 5.41) is 5.39. The molecular formula is C26H36BN3O6. The largest absolute Gasteiger partial charge is 0.560 e. The summed E-state index contributed by atoms with van der Waals surface area (Å²) >= 11 is 0. The molecule has 1 rings (SSSR count). The van der Waals surface area contributed by atoms with Crippen molar-refractivity contribution in [3.05, 3.63) is 55.1 Å². The SMILES string of the molecule is [B]OC=N[C@@H](Cc1ccc(OCCC=C)cc1)C(=O)N[C@@H](CC(C)C)C(=O)N[C@@H](CC=C)C(=O)OC. The molecule has 194 valence electrons. The lowest BCUT2D eigenvalue weighted by Crippen LogP contribution is -2.53. The molecule has 0 bridgehead atoms. The van der Waals surface area contributed by atoms with Crippen LogP contribution in [0.4, 0.5) is 0 Å². The fraction of sp³-hybridized carbons (Fsp3) is 0.462. The molecule has 1 aromatic carbocycles. The molecule has 0 aliphatic rings. The Morgan fingerprint density at radius 2 is 1.72 bits per heavy atom. The number of rotatable bonds is 17. The van der Waals surface area contributed by atoms with Gasteiger partial charge in [0.25, 0.3) is 0 Å². The van der Waals surface area contributed by atoms with Crippen LogP contribution in [-0.4, -0.2) is 64.1 Å². The first kappa shape index (κ1) is 30.5. The number of hydrogen-bond acceptors (Lipinski definition) is 7. The third-order valence-electron chi connectivity index (χ3n) is 5.09. The van der Waals surface area contributed by atoms with E-state index in [2.05, 4.69) is 33.4 Å². The van der Waals surface area contributed by atoms with Gasteiger partial charge in [0.05, 0.1) is 13.7 Å². The number of carbonyl (C=O) groups is 3. The first-order chi connectivity index (χ1) is 17.2. The minimum Gasteiger partial charge on any atom is -0.560 e. The summed E-state index contributed by atoms with van der Waals surface area (Å²) in [6.45, 7) is 11.6. The fourth-order valence-corrected chi connectivity index (χ4v) is 3.29. The van der Waals surface area contributed by atoms with E-state index in [9.17, 15) is 14.4 Å². The van der Waals surface area contributed by atoms with Gasteiger partial charge in [-0.15, -0.1) is 13.2 Å². The van der Waals surface area contributed by atoms with E-state index in [0.717, 1.165) is 18.4 Å². The molecule has 10 heteroatoms. The zero-order chi connectivity index (χ0) is 26.9. The number of ether oxygens (including phenoxy) is 2. The van der Waals surface area contributed by atoms with Crippen LogP contribution in [0.1, 0.15) is 38.7 Å². The molecule has 0 spiro atoms. The minimum atomic E-state index is -0.909. The van der Waals surface area contributed by atoms with Gasteiger partial charge >= 0.3 is 14.0 Å². The molecule has 2 N–H and O–H groups in total. The van der Waals surface area contributed by atoms with Gasteiger partial charge in [0.2, 0.25) is 11.8 Å². The van der Waals surface area contributed by atoms with Crippen LogP contribution in [0.25, 0.3) is 0 Å². The lowest BCUT2D eigenvalue weighted by Gasteiger charge is -2.24. The van der Waals surface area contributed by atoms with E-state index < -0.39 is 35.9 Å². The number of esters is 1. The van der Waals surface area contributed by atoms with Crippen molar-refractivity contribution >= 4 is 32.2 Å². The van der Waals surface area contributed by atoms with Gasteiger partial charge in [0.15, 0.2) is 6.40 Å². The van der Waals surface area contributed by atoms with Crippen molar-refractivity contribution < 1.29 is 28.5 Å². The van der Waals surface area contributed by atoms with Gasteiger partial charge in [-0.25, -0.2) is 9.79 Å². The van der Waals surface area contributed by atoms with Gasteiger partial charge in [0, 0.05) is 6.42 Å². The van der Waals surface area contributed by atoms with E-state index in [4.69, 9.17) is 17.5 Å². The first-order valence-corrected chi connectivity index (χ1v) is 11.7. The van der Waals surface area contributed by atoms with E-state index in [0.29, 0.717) is 18.8 Å². The maximum absolute atomic E-state index is 13.1. The van der Waals surface area contributed by atoms with Crippen LogP contribution in [0.2, 0.25) is 0 Å². The topological polar surface area (TPSA) is 115 Å².